The molecule has 5 heterocycles. The first kappa shape index (κ1) is 32.7. The van der Waals surface area contributed by atoms with Gasteiger partial charge in [0.25, 0.3) is 0 Å². The topological polar surface area (TPSA) is 83.8 Å². The van der Waals surface area contributed by atoms with Gasteiger partial charge in [-0.25, -0.2) is 28.7 Å². The van der Waals surface area contributed by atoms with Crippen LogP contribution in [0.15, 0.2) is 110 Å². The van der Waals surface area contributed by atoms with Gasteiger partial charge in [-0.1, -0.05) is 60.1 Å². The summed E-state index contributed by atoms with van der Waals surface area (Å²) in [7, 11) is 2.12. The van der Waals surface area contributed by atoms with Crippen LogP contribution in [0.2, 0.25) is 5.15 Å². The molecule has 7 rings (SSSR count). The van der Waals surface area contributed by atoms with E-state index < -0.39 is 0 Å². The summed E-state index contributed by atoms with van der Waals surface area (Å²) in [6.07, 6.45) is 7.66. The van der Waals surface area contributed by atoms with Crippen LogP contribution in [0.1, 0.15) is 22.3 Å². The first-order chi connectivity index (χ1) is 23.4. The second kappa shape index (κ2) is 15.6. The van der Waals surface area contributed by atoms with Crippen molar-refractivity contribution in [2.75, 3.05) is 38.1 Å². The molecule has 2 aromatic carbocycles. The molecule has 1 aliphatic rings. The van der Waals surface area contributed by atoms with Crippen LogP contribution in [0.4, 0.5) is 14.6 Å². The number of aromatic nitrogens is 6. The van der Waals surface area contributed by atoms with Gasteiger partial charge in [0.15, 0.2) is 11.6 Å². The van der Waals surface area contributed by atoms with Crippen molar-refractivity contribution in [1.82, 2.24) is 34.8 Å². The van der Waals surface area contributed by atoms with Crippen molar-refractivity contribution < 1.29 is 8.78 Å². The lowest BCUT2D eigenvalue weighted by Gasteiger charge is -2.34. The van der Waals surface area contributed by atoms with Crippen molar-refractivity contribution in [1.29, 1.82) is 0 Å². The zero-order valence-corrected chi connectivity index (χ0v) is 27.1. The normalized spacial score (nSPS) is 13.1. The predicted molar refractivity (Wildman–Crippen MR) is 184 cm³/mol. The minimum absolute atomic E-state index is 0.198. The van der Waals surface area contributed by atoms with E-state index in [9.17, 15) is 8.78 Å². The number of likely N-dealkylation sites (N-methyl/N-ethyl adjacent to an activating group) is 1. The number of pyridine rings is 2. The lowest BCUT2D eigenvalue weighted by Crippen LogP contribution is -2.45. The maximum Gasteiger partial charge on any atom is 0.180 e. The highest BCUT2D eigenvalue weighted by atomic mass is 35.5. The maximum atomic E-state index is 14.2. The Labute approximate surface area is 283 Å². The SMILES string of the molecule is CN1CCN(c2nc(-c3ccccn3)ncc2Cc2ccccc2F)CC1.Fc1ccccc1Cc1cnc(-c2ccccn2)nc1Cl. The minimum Gasteiger partial charge on any atom is -0.354 e. The Bertz CT molecular complexity index is 1960. The van der Waals surface area contributed by atoms with E-state index in [1.807, 2.05) is 54.7 Å². The Morgan fingerprint density at radius 3 is 1.60 bits per heavy atom. The molecular formula is C37H33ClF2N8. The summed E-state index contributed by atoms with van der Waals surface area (Å²) in [4.78, 5) is 30.9. The van der Waals surface area contributed by atoms with E-state index in [2.05, 4.69) is 41.8 Å². The fourth-order valence-corrected chi connectivity index (χ4v) is 5.45. The highest BCUT2D eigenvalue weighted by molar-refractivity contribution is 6.30. The van der Waals surface area contributed by atoms with E-state index in [-0.39, 0.29) is 11.6 Å². The summed E-state index contributed by atoms with van der Waals surface area (Å²) in [6.45, 7) is 3.73. The average molecular weight is 663 g/mol. The van der Waals surface area contributed by atoms with E-state index in [1.54, 1.807) is 42.9 Å². The molecule has 1 saturated heterocycles. The first-order valence-corrected chi connectivity index (χ1v) is 15.9. The zero-order valence-electron chi connectivity index (χ0n) is 26.3. The van der Waals surface area contributed by atoms with E-state index in [0.29, 0.717) is 52.0 Å². The first-order valence-electron chi connectivity index (χ1n) is 15.5. The number of halogens is 3. The Morgan fingerprint density at radius 2 is 1.08 bits per heavy atom. The van der Waals surface area contributed by atoms with Crippen LogP contribution in [-0.2, 0) is 12.8 Å². The molecule has 1 fully saturated rings. The lowest BCUT2D eigenvalue weighted by atomic mass is 10.1. The monoisotopic (exact) mass is 662 g/mol. The number of anilines is 1. The van der Waals surface area contributed by atoms with Gasteiger partial charge >= 0.3 is 0 Å². The Morgan fingerprint density at radius 1 is 0.583 bits per heavy atom. The van der Waals surface area contributed by atoms with E-state index >= 15 is 0 Å². The van der Waals surface area contributed by atoms with E-state index in [4.69, 9.17) is 16.6 Å². The molecule has 0 N–H and O–H groups in total. The summed E-state index contributed by atoms with van der Waals surface area (Å²) in [5, 5.41) is 0.314. The molecule has 0 saturated carbocycles. The number of nitrogens with zero attached hydrogens (tertiary/aromatic N) is 8. The van der Waals surface area contributed by atoms with Gasteiger partial charge in [0.2, 0.25) is 0 Å². The summed E-state index contributed by atoms with van der Waals surface area (Å²) in [6, 6.07) is 24.6. The minimum atomic E-state index is -0.262. The molecule has 1 aliphatic heterocycles. The molecule has 48 heavy (non-hydrogen) atoms. The zero-order chi connectivity index (χ0) is 33.3. The van der Waals surface area contributed by atoms with Gasteiger partial charge in [-0.05, 0) is 54.6 Å². The summed E-state index contributed by atoms with van der Waals surface area (Å²) < 4.78 is 27.8. The summed E-state index contributed by atoms with van der Waals surface area (Å²) in [5.41, 5.74) is 4.23. The van der Waals surface area contributed by atoms with Crippen LogP contribution in [-0.4, -0.2) is 68.0 Å². The molecular weight excluding hydrogens is 630 g/mol. The molecule has 0 bridgehead atoms. The molecule has 0 radical (unpaired) electrons. The van der Waals surface area contributed by atoms with Crippen molar-refractivity contribution in [3.8, 4) is 23.0 Å². The number of rotatable bonds is 7. The second-order valence-corrected chi connectivity index (χ2v) is 11.7. The third kappa shape index (κ3) is 8.20. The van der Waals surface area contributed by atoms with Gasteiger partial charge in [-0.15, -0.1) is 0 Å². The third-order valence-electron chi connectivity index (χ3n) is 7.92. The largest absolute Gasteiger partial charge is 0.354 e. The number of piperazine rings is 1. The average Bonchev–Trinajstić information content (AvgIpc) is 3.12. The number of hydrogen-bond acceptors (Lipinski definition) is 8. The molecule has 242 valence electrons. The highest BCUT2D eigenvalue weighted by Crippen LogP contribution is 2.26. The quantitative estimate of drug-likeness (QED) is 0.170. The fourth-order valence-electron chi connectivity index (χ4n) is 5.25. The standard InChI is InChI=1S/C21H22FN5.C16H11ClFN3/c1-26-10-12-27(13-11-26)21-17(14-16-6-2-3-7-18(16)22)15-24-20(25-21)19-8-4-5-9-23-19;17-15-12(9-11-5-1-2-6-13(11)18)10-20-16(21-15)14-7-3-4-8-19-14/h2-9,15H,10-14H2,1H3;1-8,10H,9H2. The van der Waals surface area contributed by atoms with Crippen molar-refractivity contribution in [3.05, 3.63) is 149 Å². The Hall–Kier alpha value is -5.19. The second-order valence-electron chi connectivity index (χ2n) is 11.3. The smallest absolute Gasteiger partial charge is 0.180 e. The summed E-state index contributed by atoms with van der Waals surface area (Å²) in [5.74, 6) is 1.47. The van der Waals surface area contributed by atoms with Gasteiger partial charge in [0.05, 0.1) is 0 Å². The van der Waals surface area contributed by atoms with Gasteiger partial charge in [0.1, 0.15) is 34.0 Å². The van der Waals surface area contributed by atoms with Crippen LogP contribution in [0.3, 0.4) is 0 Å². The van der Waals surface area contributed by atoms with E-state index in [0.717, 1.165) is 43.3 Å². The molecule has 4 aromatic heterocycles. The lowest BCUT2D eigenvalue weighted by molar-refractivity contribution is 0.312. The number of hydrogen-bond donors (Lipinski definition) is 0. The van der Waals surface area contributed by atoms with Crippen LogP contribution < -0.4 is 4.90 Å². The number of benzene rings is 2. The molecule has 0 spiro atoms. The molecule has 11 heteroatoms. The van der Waals surface area contributed by atoms with Crippen LogP contribution in [0.25, 0.3) is 23.0 Å². The van der Waals surface area contributed by atoms with Gasteiger partial charge < -0.3 is 9.80 Å². The summed E-state index contributed by atoms with van der Waals surface area (Å²) >= 11 is 6.18. The maximum absolute atomic E-state index is 14.2. The van der Waals surface area contributed by atoms with Crippen molar-refractivity contribution >= 4 is 17.4 Å². The molecule has 0 atom stereocenters. The predicted octanol–water partition coefficient (Wildman–Crippen LogP) is 6.94. The van der Waals surface area contributed by atoms with Crippen LogP contribution >= 0.6 is 11.6 Å². The molecule has 6 aromatic rings. The van der Waals surface area contributed by atoms with Crippen molar-refractivity contribution in [2.45, 2.75) is 12.8 Å². The van der Waals surface area contributed by atoms with Crippen LogP contribution in [0, 0.1) is 11.6 Å². The van der Waals surface area contributed by atoms with Crippen LogP contribution in [0.5, 0.6) is 0 Å². The molecule has 0 unspecified atom stereocenters. The molecule has 0 aliphatic carbocycles. The third-order valence-corrected chi connectivity index (χ3v) is 8.25. The Balaban J connectivity index is 0.000000173. The molecule has 0 amide bonds. The van der Waals surface area contributed by atoms with Gasteiger partial charge in [0, 0.05) is 74.9 Å². The van der Waals surface area contributed by atoms with Crippen molar-refractivity contribution in [3.63, 3.8) is 0 Å². The molecule has 8 nitrogen and oxygen atoms in total. The van der Waals surface area contributed by atoms with Gasteiger partial charge in [-0.3, -0.25) is 9.97 Å². The van der Waals surface area contributed by atoms with Gasteiger partial charge in [-0.2, -0.15) is 0 Å². The van der Waals surface area contributed by atoms with Crippen molar-refractivity contribution in [2.24, 2.45) is 0 Å². The highest BCUT2D eigenvalue weighted by Gasteiger charge is 2.21. The fraction of sp³-hybridized carbons (Fsp3) is 0.189. The Kier molecular flexibility index (Phi) is 10.6. The van der Waals surface area contributed by atoms with E-state index in [1.165, 1.54) is 12.1 Å².